The van der Waals surface area contributed by atoms with Gasteiger partial charge in [0.1, 0.15) is 0 Å². The van der Waals surface area contributed by atoms with Crippen LogP contribution in [0.3, 0.4) is 0 Å². The summed E-state index contributed by atoms with van der Waals surface area (Å²) >= 11 is 3.37. The van der Waals surface area contributed by atoms with Crippen molar-refractivity contribution in [3.05, 3.63) is 34.3 Å². The minimum atomic E-state index is -0.445. The Balaban J connectivity index is 2.39. The van der Waals surface area contributed by atoms with Crippen LogP contribution in [0, 0.1) is 0 Å². The molecule has 0 bridgehead atoms. The van der Waals surface area contributed by atoms with E-state index in [9.17, 15) is 10.2 Å². The Labute approximate surface area is 111 Å². The third-order valence-corrected chi connectivity index (χ3v) is 3.14. The van der Waals surface area contributed by atoms with E-state index in [0.29, 0.717) is 13.0 Å². The number of aliphatic hydroxyl groups is 2. The summed E-state index contributed by atoms with van der Waals surface area (Å²) in [5.41, 5.74) is 0.929. The lowest BCUT2D eigenvalue weighted by molar-refractivity contribution is 0.116. The minimum absolute atomic E-state index is 0.329. The van der Waals surface area contributed by atoms with Gasteiger partial charge in [0.05, 0.1) is 12.2 Å². The summed E-state index contributed by atoms with van der Waals surface area (Å²) in [5, 5.41) is 19.2. The second-order valence-corrected chi connectivity index (χ2v) is 5.38. The molecule has 1 aromatic carbocycles. The second-order valence-electron chi connectivity index (χ2n) is 4.47. The molecule has 2 unspecified atom stereocenters. The van der Waals surface area contributed by atoms with E-state index in [1.807, 2.05) is 36.2 Å². The molecule has 2 N–H and O–H groups in total. The number of benzene rings is 1. The average molecular weight is 302 g/mol. The standard InChI is InChI=1S/C13H20BrNO2/c1-10(16)9-15(2)8-7-13(17)11-3-5-12(14)6-4-11/h3-6,10,13,16-17H,7-9H2,1-2H3. The van der Waals surface area contributed by atoms with E-state index < -0.39 is 6.10 Å². The van der Waals surface area contributed by atoms with Crippen LogP contribution in [0.1, 0.15) is 25.0 Å². The van der Waals surface area contributed by atoms with E-state index in [1.54, 1.807) is 6.92 Å². The predicted molar refractivity (Wildman–Crippen MR) is 72.9 cm³/mol. The Morgan fingerprint density at radius 2 is 1.82 bits per heavy atom. The molecule has 17 heavy (non-hydrogen) atoms. The molecule has 96 valence electrons. The molecule has 0 saturated carbocycles. The molecule has 0 saturated heterocycles. The zero-order valence-electron chi connectivity index (χ0n) is 10.3. The van der Waals surface area contributed by atoms with Crippen molar-refractivity contribution >= 4 is 15.9 Å². The lowest BCUT2D eigenvalue weighted by Gasteiger charge is -2.20. The zero-order valence-corrected chi connectivity index (χ0v) is 11.9. The summed E-state index contributed by atoms with van der Waals surface area (Å²) in [6.45, 7) is 3.16. The van der Waals surface area contributed by atoms with Gasteiger partial charge in [-0.3, -0.25) is 0 Å². The Morgan fingerprint density at radius 1 is 1.24 bits per heavy atom. The van der Waals surface area contributed by atoms with Crippen LogP contribution in [0.4, 0.5) is 0 Å². The quantitative estimate of drug-likeness (QED) is 0.846. The smallest absolute Gasteiger partial charge is 0.0802 e. The van der Waals surface area contributed by atoms with Crippen LogP contribution in [0.25, 0.3) is 0 Å². The van der Waals surface area contributed by atoms with Gasteiger partial charge in [0, 0.05) is 17.6 Å². The van der Waals surface area contributed by atoms with Gasteiger partial charge in [-0.05, 0) is 38.1 Å². The fraction of sp³-hybridized carbons (Fsp3) is 0.538. The summed E-state index contributed by atoms with van der Waals surface area (Å²) in [5.74, 6) is 0. The van der Waals surface area contributed by atoms with Gasteiger partial charge in [0.15, 0.2) is 0 Å². The van der Waals surface area contributed by atoms with Crippen molar-refractivity contribution in [2.24, 2.45) is 0 Å². The van der Waals surface area contributed by atoms with Gasteiger partial charge in [-0.25, -0.2) is 0 Å². The Morgan fingerprint density at radius 3 is 2.35 bits per heavy atom. The highest BCUT2D eigenvalue weighted by molar-refractivity contribution is 9.10. The van der Waals surface area contributed by atoms with Gasteiger partial charge in [-0.2, -0.15) is 0 Å². The van der Waals surface area contributed by atoms with E-state index in [0.717, 1.165) is 16.6 Å². The van der Waals surface area contributed by atoms with Gasteiger partial charge in [0.2, 0.25) is 0 Å². The van der Waals surface area contributed by atoms with Gasteiger partial charge < -0.3 is 15.1 Å². The number of halogens is 1. The van der Waals surface area contributed by atoms with E-state index in [4.69, 9.17) is 0 Å². The van der Waals surface area contributed by atoms with Gasteiger partial charge in [-0.15, -0.1) is 0 Å². The average Bonchev–Trinajstić information content (AvgIpc) is 2.26. The molecule has 2 atom stereocenters. The highest BCUT2D eigenvalue weighted by atomic mass is 79.9. The summed E-state index contributed by atoms with van der Waals surface area (Å²) < 4.78 is 1.01. The lowest BCUT2D eigenvalue weighted by Crippen LogP contribution is -2.28. The molecule has 0 aliphatic rings. The molecule has 0 heterocycles. The van der Waals surface area contributed by atoms with Crippen LogP contribution in [0.2, 0.25) is 0 Å². The van der Waals surface area contributed by atoms with Crippen LogP contribution in [0.15, 0.2) is 28.7 Å². The van der Waals surface area contributed by atoms with Gasteiger partial charge in [-0.1, -0.05) is 28.1 Å². The normalized spacial score (nSPS) is 14.9. The maximum atomic E-state index is 9.99. The molecule has 0 aliphatic carbocycles. The first-order valence-electron chi connectivity index (χ1n) is 5.79. The van der Waals surface area contributed by atoms with Crippen molar-refractivity contribution in [3.8, 4) is 0 Å². The number of nitrogens with zero attached hydrogens (tertiary/aromatic N) is 1. The monoisotopic (exact) mass is 301 g/mol. The molecular formula is C13H20BrNO2. The number of likely N-dealkylation sites (N-methyl/N-ethyl adjacent to an activating group) is 1. The van der Waals surface area contributed by atoms with Gasteiger partial charge >= 0.3 is 0 Å². The Bertz CT molecular complexity index is 327. The summed E-state index contributed by atoms with van der Waals surface area (Å²) in [6.07, 6.45) is -0.102. The van der Waals surface area contributed by atoms with Crippen molar-refractivity contribution in [3.63, 3.8) is 0 Å². The first-order chi connectivity index (χ1) is 7.99. The molecule has 0 spiro atoms. The predicted octanol–water partition coefficient (Wildman–Crippen LogP) is 2.19. The molecule has 0 amide bonds. The molecule has 0 aliphatic heterocycles. The minimum Gasteiger partial charge on any atom is -0.392 e. The van der Waals surface area contributed by atoms with E-state index in [-0.39, 0.29) is 6.10 Å². The molecule has 1 rings (SSSR count). The van der Waals surface area contributed by atoms with E-state index in [1.165, 1.54) is 0 Å². The topological polar surface area (TPSA) is 43.7 Å². The van der Waals surface area contributed by atoms with Crippen molar-refractivity contribution in [2.45, 2.75) is 25.6 Å². The maximum Gasteiger partial charge on any atom is 0.0802 e. The largest absolute Gasteiger partial charge is 0.392 e. The summed E-state index contributed by atoms with van der Waals surface area (Å²) in [4.78, 5) is 2.02. The molecular weight excluding hydrogens is 282 g/mol. The SMILES string of the molecule is CC(O)CN(C)CCC(O)c1ccc(Br)cc1. The fourth-order valence-electron chi connectivity index (χ4n) is 1.74. The van der Waals surface area contributed by atoms with Crippen LogP contribution in [-0.4, -0.2) is 41.4 Å². The molecule has 0 fully saturated rings. The molecule has 0 radical (unpaired) electrons. The zero-order chi connectivity index (χ0) is 12.8. The van der Waals surface area contributed by atoms with Crippen LogP contribution in [0.5, 0.6) is 0 Å². The molecule has 1 aromatic rings. The van der Waals surface area contributed by atoms with Gasteiger partial charge in [0.25, 0.3) is 0 Å². The lowest BCUT2D eigenvalue weighted by atomic mass is 10.1. The third kappa shape index (κ3) is 5.64. The van der Waals surface area contributed by atoms with Crippen molar-refractivity contribution in [1.29, 1.82) is 0 Å². The summed E-state index contributed by atoms with van der Waals surface area (Å²) in [7, 11) is 1.95. The van der Waals surface area contributed by atoms with Crippen molar-refractivity contribution in [1.82, 2.24) is 4.90 Å². The number of rotatable bonds is 6. The van der Waals surface area contributed by atoms with Crippen LogP contribution in [-0.2, 0) is 0 Å². The number of hydrogen-bond acceptors (Lipinski definition) is 3. The summed E-state index contributed by atoms with van der Waals surface area (Å²) in [6, 6.07) is 7.70. The Kier molecular flexibility index (Phi) is 6.12. The first kappa shape index (κ1) is 14.6. The van der Waals surface area contributed by atoms with Crippen LogP contribution >= 0.6 is 15.9 Å². The highest BCUT2D eigenvalue weighted by Crippen LogP contribution is 2.19. The highest BCUT2D eigenvalue weighted by Gasteiger charge is 2.09. The van der Waals surface area contributed by atoms with Crippen molar-refractivity contribution in [2.75, 3.05) is 20.1 Å². The van der Waals surface area contributed by atoms with Crippen molar-refractivity contribution < 1.29 is 10.2 Å². The molecule has 3 nitrogen and oxygen atoms in total. The number of hydrogen-bond donors (Lipinski definition) is 2. The van der Waals surface area contributed by atoms with E-state index >= 15 is 0 Å². The second kappa shape index (κ2) is 7.11. The molecule has 4 heteroatoms. The third-order valence-electron chi connectivity index (χ3n) is 2.61. The number of aliphatic hydroxyl groups excluding tert-OH is 2. The van der Waals surface area contributed by atoms with E-state index in [2.05, 4.69) is 15.9 Å². The molecule has 0 aromatic heterocycles. The fourth-order valence-corrected chi connectivity index (χ4v) is 2.00. The maximum absolute atomic E-state index is 9.99. The van der Waals surface area contributed by atoms with Crippen LogP contribution < -0.4 is 0 Å². The first-order valence-corrected chi connectivity index (χ1v) is 6.58. The Hall–Kier alpha value is -0.420.